The number of rotatable bonds is 4. The molecular weight excluding hydrogens is 312 g/mol. The van der Waals surface area contributed by atoms with Gasteiger partial charge in [0.1, 0.15) is 5.69 Å². The van der Waals surface area contributed by atoms with Crippen molar-refractivity contribution in [1.29, 1.82) is 0 Å². The minimum Gasteiger partial charge on any atom is -0.356 e. The number of benzene rings is 3. The molecule has 4 aromatic rings. The molecule has 1 heterocycles. The number of nitrogens with zero attached hydrogens (tertiary/aromatic N) is 1. The molecule has 0 saturated heterocycles. The first-order valence-electron chi connectivity index (χ1n) is 8.08. The van der Waals surface area contributed by atoms with Crippen LogP contribution in [0.25, 0.3) is 22.1 Å². The summed E-state index contributed by atoms with van der Waals surface area (Å²) in [6.45, 7) is 0.318. The molecule has 0 unspecified atom stereocenters. The number of fused-ring (bicyclic) bond motifs is 1. The van der Waals surface area contributed by atoms with Gasteiger partial charge >= 0.3 is 0 Å². The van der Waals surface area contributed by atoms with Crippen molar-refractivity contribution in [2.75, 3.05) is 0 Å². The molecule has 0 spiro atoms. The fourth-order valence-corrected chi connectivity index (χ4v) is 2.82. The summed E-state index contributed by atoms with van der Waals surface area (Å²) in [6, 6.07) is 25.2. The Morgan fingerprint density at radius 2 is 1.68 bits per heavy atom. The van der Waals surface area contributed by atoms with E-state index in [1.54, 1.807) is 0 Å². The zero-order valence-corrected chi connectivity index (χ0v) is 13.5. The Balaban J connectivity index is 1.50. The van der Waals surface area contributed by atoms with Crippen LogP contribution in [-0.2, 0) is 6.54 Å². The zero-order valence-electron chi connectivity index (χ0n) is 13.5. The molecule has 4 heteroatoms. The topological polar surface area (TPSA) is 55.1 Å². The molecule has 1 N–H and O–H groups in total. The van der Waals surface area contributed by atoms with Crippen LogP contribution < -0.4 is 5.32 Å². The van der Waals surface area contributed by atoms with E-state index in [-0.39, 0.29) is 5.91 Å². The number of amides is 1. The van der Waals surface area contributed by atoms with Gasteiger partial charge in [-0.2, -0.15) is 0 Å². The summed E-state index contributed by atoms with van der Waals surface area (Å²) in [5, 5.41) is 8.92. The lowest BCUT2D eigenvalue weighted by molar-refractivity contribution is 0.0952. The van der Waals surface area contributed by atoms with Gasteiger partial charge in [-0.1, -0.05) is 71.9 Å². The predicted octanol–water partition coefficient (Wildman–Crippen LogP) is 4.42. The van der Waals surface area contributed by atoms with Crippen LogP contribution in [0.3, 0.4) is 0 Å². The van der Waals surface area contributed by atoms with Crippen LogP contribution in [-0.4, -0.2) is 11.1 Å². The van der Waals surface area contributed by atoms with Crippen LogP contribution in [0.2, 0.25) is 0 Å². The van der Waals surface area contributed by atoms with Crippen LogP contribution in [0.15, 0.2) is 83.4 Å². The minimum absolute atomic E-state index is 0.124. The summed E-state index contributed by atoms with van der Waals surface area (Å²) in [5.41, 5.74) is 2.30. The summed E-state index contributed by atoms with van der Waals surface area (Å²) in [4.78, 5) is 12.5. The Morgan fingerprint density at radius 1 is 0.920 bits per heavy atom. The average Bonchev–Trinajstić information content (AvgIpc) is 3.15. The highest BCUT2D eigenvalue weighted by atomic mass is 16.5. The quantitative estimate of drug-likeness (QED) is 0.603. The molecule has 0 aliphatic rings. The maximum atomic E-state index is 12.5. The first-order chi connectivity index (χ1) is 12.3. The van der Waals surface area contributed by atoms with E-state index in [4.69, 9.17) is 4.52 Å². The van der Waals surface area contributed by atoms with Crippen molar-refractivity contribution in [2.45, 2.75) is 6.54 Å². The monoisotopic (exact) mass is 328 g/mol. The molecule has 25 heavy (non-hydrogen) atoms. The number of carbonyl (C=O) groups excluding carboxylic acids is 1. The van der Waals surface area contributed by atoms with E-state index in [1.807, 2.05) is 78.9 Å². The summed E-state index contributed by atoms with van der Waals surface area (Å²) in [6.07, 6.45) is 0. The van der Waals surface area contributed by atoms with Crippen LogP contribution in [0.4, 0.5) is 0 Å². The summed E-state index contributed by atoms with van der Waals surface area (Å²) >= 11 is 0. The van der Waals surface area contributed by atoms with E-state index in [0.29, 0.717) is 23.6 Å². The Morgan fingerprint density at radius 3 is 2.56 bits per heavy atom. The second kappa shape index (κ2) is 6.61. The van der Waals surface area contributed by atoms with Crippen LogP contribution >= 0.6 is 0 Å². The van der Waals surface area contributed by atoms with Crippen molar-refractivity contribution >= 4 is 16.7 Å². The first kappa shape index (κ1) is 15.1. The van der Waals surface area contributed by atoms with Gasteiger partial charge in [0.05, 0.1) is 6.54 Å². The highest BCUT2D eigenvalue weighted by Crippen LogP contribution is 2.20. The van der Waals surface area contributed by atoms with Gasteiger partial charge in [0.25, 0.3) is 5.91 Å². The van der Waals surface area contributed by atoms with Gasteiger partial charge in [0.15, 0.2) is 5.76 Å². The molecular formula is C21H16N2O2. The molecule has 0 aliphatic heterocycles. The molecule has 0 atom stereocenters. The fourth-order valence-electron chi connectivity index (χ4n) is 2.82. The fraction of sp³-hybridized carbons (Fsp3) is 0.0476. The van der Waals surface area contributed by atoms with Gasteiger partial charge in [-0.3, -0.25) is 4.79 Å². The molecule has 0 fully saturated rings. The smallest absolute Gasteiger partial charge is 0.252 e. The summed E-state index contributed by atoms with van der Waals surface area (Å²) in [7, 11) is 0. The lowest BCUT2D eigenvalue weighted by atomic mass is 10.0. The molecule has 4 rings (SSSR count). The molecule has 0 saturated carbocycles. The van der Waals surface area contributed by atoms with Gasteiger partial charge in [-0.05, 0) is 16.8 Å². The minimum atomic E-state index is -0.124. The van der Waals surface area contributed by atoms with Gasteiger partial charge in [0.2, 0.25) is 0 Å². The number of aromatic nitrogens is 1. The Kier molecular flexibility index (Phi) is 4.01. The summed E-state index contributed by atoms with van der Waals surface area (Å²) < 4.78 is 5.36. The largest absolute Gasteiger partial charge is 0.356 e. The van der Waals surface area contributed by atoms with Crippen LogP contribution in [0, 0.1) is 0 Å². The second-order valence-electron chi connectivity index (χ2n) is 5.76. The van der Waals surface area contributed by atoms with E-state index < -0.39 is 0 Å². The van der Waals surface area contributed by atoms with Crippen molar-refractivity contribution in [3.05, 3.63) is 90.1 Å². The van der Waals surface area contributed by atoms with E-state index in [0.717, 1.165) is 16.3 Å². The highest BCUT2D eigenvalue weighted by Gasteiger charge is 2.11. The number of hydrogen-bond donors (Lipinski definition) is 1. The number of nitrogens with one attached hydrogen (secondary N) is 1. The van der Waals surface area contributed by atoms with E-state index in [2.05, 4.69) is 10.5 Å². The molecule has 0 aliphatic carbocycles. The maximum Gasteiger partial charge on any atom is 0.252 e. The van der Waals surface area contributed by atoms with E-state index >= 15 is 0 Å². The summed E-state index contributed by atoms with van der Waals surface area (Å²) in [5.74, 6) is 0.566. The van der Waals surface area contributed by atoms with Crippen LogP contribution in [0.5, 0.6) is 0 Å². The zero-order chi connectivity index (χ0) is 17.1. The van der Waals surface area contributed by atoms with Gasteiger partial charge < -0.3 is 9.84 Å². The lowest BCUT2D eigenvalue weighted by Crippen LogP contribution is -2.23. The van der Waals surface area contributed by atoms with Crippen molar-refractivity contribution < 1.29 is 9.32 Å². The second-order valence-corrected chi connectivity index (χ2v) is 5.76. The standard InChI is InChI=1S/C21H16N2O2/c24-21(19-12-6-10-15-7-4-5-11-18(15)19)22-14-17-13-20(25-23-17)16-8-2-1-3-9-16/h1-13H,14H2,(H,22,24). The first-order valence-corrected chi connectivity index (χ1v) is 8.08. The Labute approximate surface area is 145 Å². The average molecular weight is 328 g/mol. The van der Waals surface area contributed by atoms with Crippen molar-refractivity contribution in [3.8, 4) is 11.3 Å². The Bertz CT molecular complexity index is 1020. The van der Waals surface area contributed by atoms with Gasteiger partial charge in [-0.25, -0.2) is 0 Å². The molecule has 0 radical (unpaired) electrons. The molecule has 122 valence electrons. The number of carbonyl (C=O) groups is 1. The third-order valence-electron chi connectivity index (χ3n) is 4.08. The molecule has 1 amide bonds. The van der Waals surface area contributed by atoms with Gasteiger partial charge in [0, 0.05) is 17.2 Å². The third kappa shape index (κ3) is 3.15. The SMILES string of the molecule is O=C(NCc1cc(-c2ccccc2)on1)c1cccc2ccccc12. The molecule has 0 bridgehead atoms. The van der Waals surface area contributed by atoms with E-state index in [1.165, 1.54) is 0 Å². The predicted molar refractivity (Wildman–Crippen MR) is 97.1 cm³/mol. The van der Waals surface area contributed by atoms with Crippen molar-refractivity contribution in [1.82, 2.24) is 10.5 Å². The number of hydrogen-bond acceptors (Lipinski definition) is 3. The normalized spacial score (nSPS) is 10.7. The molecule has 1 aromatic heterocycles. The highest BCUT2D eigenvalue weighted by molar-refractivity contribution is 6.06. The molecule has 3 aromatic carbocycles. The van der Waals surface area contributed by atoms with Gasteiger partial charge in [-0.15, -0.1) is 0 Å². The third-order valence-corrected chi connectivity index (χ3v) is 4.08. The van der Waals surface area contributed by atoms with Crippen molar-refractivity contribution in [2.24, 2.45) is 0 Å². The lowest BCUT2D eigenvalue weighted by Gasteiger charge is -2.06. The maximum absolute atomic E-state index is 12.5. The van der Waals surface area contributed by atoms with Crippen LogP contribution in [0.1, 0.15) is 16.1 Å². The molecule has 4 nitrogen and oxygen atoms in total. The van der Waals surface area contributed by atoms with E-state index in [9.17, 15) is 4.79 Å². The Hall–Kier alpha value is -3.40. The van der Waals surface area contributed by atoms with Crippen molar-refractivity contribution in [3.63, 3.8) is 0 Å².